The molecule has 1 atom stereocenters. The van der Waals surface area contributed by atoms with Crippen molar-refractivity contribution in [2.45, 2.75) is 19.9 Å². The average molecular weight is 311 g/mol. The molecule has 0 fully saturated rings. The van der Waals surface area contributed by atoms with E-state index in [-0.39, 0.29) is 0 Å². The first-order valence-corrected chi connectivity index (χ1v) is 7.18. The highest BCUT2D eigenvalue weighted by molar-refractivity contribution is 9.10. The van der Waals surface area contributed by atoms with Crippen molar-refractivity contribution in [2.75, 3.05) is 7.05 Å². The molecular weight excluding hydrogens is 296 g/mol. The van der Waals surface area contributed by atoms with Crippen LogP contribution in [0.1, 0.15) is 23.5 Å². The van der Waals surface area contributed by atoms with E-state index in [1.165, 1.54) is 11.1 Å². The molecule has 0 saturated heterocycles. The first kappa shape index (κ1) is 12.7. The van der Waals surface area contributed by atoms with Crippen molar-refractivity contribution < 1.29 is 0 Å². The summed E-state index contributed by atoms with van der Waals surface area (Å²) in [6, 6.07) is 6.64. The summed E-state index contributed by atoms with van der Waals surface area (Å²) in [7, 11) is 1.95. The highest BCUT2D eigenvalue weighted by Gasteiger charge is 2.09. The molecule has 90 valence electrons. The van der Waals surface area contributed by atoms with E-state index in [0.29, 0.717) is 6.04 Å². The Hall–Kier alpha value is -0.710. The highest BCUT2D eigenvalue weighted by Crippen LogP contribution is 2.28. The Kier molecular flexibility index (Phi) is 3.97. The number of nitrogens with one attached hydrogen (secondary N) is 1. The van der Waals surface area contributed by atoms with E-state index < -0.39 is 0 Å². The molecule has 1 N–H and O–H groups in total. The topological polar surface area (TPSA) is 24.9 Å². The second-order valence-electron chi connectivity index (χ2n) is 4.05. The third kappa shape index (κ3) is 2.76. The fraction of sp³-hybridized carbons (Fsp3) is 0.308. The lowest BCUT2D eigenvalue weighted by molar-refractivity contribution is 0.648. The van der Waals surface area contributed by atoms with Crippen molar-refractivity contribution >= 4 is 27.3 Å². The minimum atomic E-state index is 0.310. The predicted octanol–water partition coefficient (Wildman–Crippen LogP) is 4.16. The number of halogens is 1. The summed E-state index contributed by atoms with van der Waals surface area (Å²) in [5.74, 6) is 0. The van der Waals surface area contributed by atoms with Crippen molar-refractivity contribution in [1.29, 1.82) is 0 Å². The van der Waals surface area contributed by atoms with E-state index in [2.05, 4.69) is 63.7 Å². The maximum Gasteiger partial charge on any atom is 0.110 e. The van der Waals surface area contributed by atoms with Gasteiger partial charge in [0.2, 0.25) is 0 Å². The fourth-order valence-electron chi connectivity index (χ4n) is 1.55. The summed E-state index contributed by atoms with van der Waals surface area (Å²) in [5.41, 5.74) is 3.47. The number of aryl methyl sites for hydroxylation is 1. The van der Waals surface area contributed by atoms with Crippen molar-refractivity contribution in [3.63, 3.8) is 0 Å². The normalized spacial score (nSPS) is 12.7. The van der Waals surface area contributed by atoms with Crippen LogP contribution in [0, 0.1) is 6.92 Å². The van der Waals surface area contributed by atoms with Gasteiger partial charge < -0.3 is 5.32 Å². The molecule has 1 aromatic carbocycles. The first-order valence-electron chi connectivity index (χ1n) is 5.51. The second kappa shape index (κ2) is 5.29. The van der Waals surface area contributed by atoms with Crippen LogP contribution < -0.4 is 5.32 Å². The van der Waals surface area contributed by atoms with Gasteiger partial charge in [0.25, 0.3) is 0 Å². The third-order valence-corrected chi connectivity index (χ3v) is 4.70. The third-order valence-electron chi connectivity index (χ3n) is 2.78. The molecule has 0 radical (unpaired) electrons. The van der Waals surface area contributed by atoms with Gasteiger partial charge in [-0.25, -0.2) is 4.98 Å². The van der Waals surface area contributed by atoms with Gasteiger partial charge in [-0.2, -0.15) is 0 Å². The number of benzene rings is 1. The zero-order chi connectivity index (χ0) is 12.4. The van der Waals surface area contributed by atoms with E-state index in [9.17, 15) is 0 Å². The van der Waals surface area contributed by atoms with Gasteiger partial charge in [-0.1, -0.05) is 22.0 Å². The summed E-state index contributed by atoms with van der Waals surface area (Å²) < 4.78 is 1.14. The molecule has 0 aliphatic carbocycles. The molecular formula is C13H15BrN2S. The van der Waals surface area contributed by atoms with Gasteiger partial charge in [0, 0.05) is 15.4 Å². The smallest absolute Gasteiger partial charge is 0.110 e. The van der Waals surface area contributed by atoms with Gasteiger partial charge in [-0.3, -0.25) is 0 Å². The van der Waals surface area contributed by atoms with E-state index in [1.54, 1.807) is 11.3 Å². The second-order valence-corrected chi connectivity index (χ2v) is 5.79. The largest absolute Gasteiger partial charge is 0.311 e. The van der Waals surface area contributed by atoms with Crippen LogP contribution in [0.5, 0.6) is 0 Å². The predicted molar refractivity (Wildman–Crippen MR) is 77.5 cm³/mol. The molecule has 0 spiro atoms. The van der Waals surface area contributed by atoms with Crippen LogP contribution in [0.4, 0.5) is 0 Å². The van der Waals surface area contributed by atoms with E-state index in [1.807, 2.05) is 7.05 Å². The summed E-state index contributed by atoms with van der Waals surface area (Å²) >= 11 is 5.22. The standard InChI is InChI=1S/C13H15BrN2S/c1-8-6-10(4-5-11(8)14)12-7-17-13(16-12)9(2)15-3/h4-7,9,15H,1-3H3. The molecule has 17 heavy (non-hydrogen) atoms. The number of nitrogens with zero attached hydrogens (tertiary/aromatic N) is 1. The van der Waals surface area contributed by atoms with Gasteiger partial charge >= 0.3 is 0 Å². The number of hydrogen-bond acceptors (Lipinski definition) is 3. The molecule has 2 rings (SSSR count). The highest BCUT2D eigenvalue weighted by atomic mass is 79.9. The van der Waals surface area contributed by atoms with Crippen LogP contribution in [-0.4, -0.2) is 12.0 Å². The quantitative estimate of drug-likeness (QED) is 0.920. The van der Waals surface area contributed by atoms with Gasteiger partial charge in [-0.15, -0.1) is 11.3 Å². The number of rotatable bonds is 3. The molecule has 0 saturated carbocycles. The molecule has 0 aliphatic rings. The van der Waals surface area contributed by atoms with E-state index >= 15 is 0 Å². The lowest BCUT2D eigenvalue weighted by Crippen LogP contribution is -2.11. The molecule has 4 heteroatoms. The summed E-state index contributed by atoms with van der Waals surface area (Å²) in [5, 5.41) is 6.45. The Morgan fingerprint density at radius 2 is 2.18 bits per heavy atom. The van der Waals surface area contributed by atoms with Crippen LogP contribution in [0.2, 0.25) is 0 Å². The molecule has 0 bridgehead atoms. The number of thiazole rings is 1. The molecule has 1 unspecified atom stereocenters. The molecule has 2 nitrogen and oxygen atoms in total. The maximum atomic E-state index is 4.66. The molecule has 1 aromatic heterocycles. The minimum Gasteiger partial charge on any atom is -0.311 e. The Labute approximate surface area is 114 Å². The minimum absolute atomic E-state index is 0.310. The molecule has 0 aliphatic heterocycles. The summed E-state index contributed by atoms with van der Waals surface area (Å²) in [6.45, 7) is 4.21. The number of hydrogen-bond donors (Lipinski definition) is 1. The first-order chi connectivity index (χ1) is 8.11. The SMILES string of the molecule is CNC(C)c1nc(-c2ccc(Br)c(C)c2)cs1. The summed E-state index contributed by atoms with van der Waals surface area (Å²) in [6.07, 6.45) is 0. The Morgan fingerprint density at radius 1 is 1.41 bits per heavy atom. The Morgan fingerprint density at radius 3 is 2.82 bits per heavy atom. The molecule has 2 aromatic rings. The van der Waals surface area contributed by atoms with Crippen LogP contribution in [-0.2, 0) is 0 Å². The lowest BCUT2D eigenvalue weighted by atomic mass is 10.1. The average Bonchev–Trinajstić information content (AvgIpc) is 2.81. The van der Waals surface area contributed by atoms with Crippen molar-refractivity contribution in [3.8, 4) is 11.3 Å². The fourth-order valence-corrected chi connectivity index (χ4v) is 2.69. The van der Waals surface area contributed by atoms with Crippen molar-refractivity contribution in [1.82, 2.24) is 10.3 Å². The maximum absolute atomic E-state index is 4.66. The van der Waals surface area contributed by atoms with Crippen LogP contribution in [0.15, 0.2) is 28.1 Å². The molecule has 1 heterocycles. The van der Waals surface area contributed by atoms with Crippen LogP contribution >= 0.6 is 27.3 Å². The van der Waals surface area contributed by atoms with E-state index in [4.69, 9.17) is 0 Å². The summed E-state index contributed by atoms with van der Waals surface area (Å²) in [4.78, 5) is 4.66. The Balaban J connectivity index is 2.33. The van der Waals surface area contributed by atoms with Crippen LogP contribution in [0.25, 0.3) is 11.3 Å². The van der Waals surface area contributed by atoms with Gasteiger partial charge in [-0.05, 0) is 38.6 Å². The van der Waals surface area contributed by atoms with Crippen molar-refractivity contribution in [3.05, 3.63) is 38.6 Å². The zero-order valence-corrected chi connectivity index (χ0v) is 12.5. The van der Waals surface area contributed by atoms with Crippen molar-refractivity contribution in [2.24, 2.45) is 0 Å². The van der Waals surface area contributed by atoms with Crippen LogP contribution in [0.3, 0.4) is 0 Å². The Bertz CT molecular complexity index is 522. The lowest BCUT2D eigenvalue weighted by Gasteiger charge is -2.05. The van der Waals surface area contributed by atoms with Gasteiger partial charge in [0.05, 0.1) is 11.7 Å². The van der Waals surface area contributed by atoms with E-state index in [0.717, 1.165) is 15.2 Å². The van der Waals surface area contributed by atoms with Gasteiger partial charge in [0.1, 0.15) is 5.01 Å². The molecule has 0 amide bonds. The number of aromatic nitrogens is 1. The monoisotopic (exact) mass is 310 g/mol. The zero-order valence-electron chi connectivity index (χ0n) is 10.1. The van der Waals surface area contributed by atoms with Gasteiger partial charge in [0.15, 0.2) is 0 Å².